The fraction of sp³-hybridized carbons (Fsp3) is 0.333. The third-order valence-corrected chi connectivity index (χ3v) is 3.87. The van der Waals surface area contributed by atoms with Gasteiger partial charge >= 0.3 is 0 Å². The van der Waals surface area contributed by atoms with E-state index in [-0.39, 0.29) is 0 Å². The van der Waals surface area contributed by atoms with Gasteiger partial charge in [-0.15, -0.1) is 0 Å². The summed E-state index contributed by atoms with van der Waals surface area (Å²) in [5.41, 5.74) is 4.83. The molecule has 0 unspecified atom stereocenters. The van der Waals surface area contributed by atoms with Crippen molar-refractivity contribution < 1.29 is 0 Å². The second-order valence-corrected chi connectivity index (χ2v) is 5.32. The molecular formula is C18H24N4. The van der Waals surface area contributed by atoms with Crippen molar-refractivity contribution in [2.75, 3.05) is 19.4 Å². The summed E-state index contributed by atoms with van der Waals surface area (Å²) in [5.74, 6) is 1.47. The monoisotopic (exact) mass is 296 g/mol. The van der Waals surface area contributed by atoms with E-state index in [1.165, 1.54) is 11.1 Å². The first kappa shape index (κ1) is 16.0. The Morgan fingerprint density at radius 1 is 0.955 bits per heavy atom. The summed E-state index contributed by atoms with van der Waals surface area (Å²) in [6.07, 6.45) is 4.42. The molecule has 4 heteroatoms. The number of anilines is 1. The number of hydrogen-bond donors (Lipinski definition) is 2. The van der Waals surface area contributed by atoms with Gasteiger partial charge in [-0.2, -0.15) is 0 Å². The van der Waals surface area contributed by atoms with E-state index in [1.54, 1.807) is 14.1 Å². The van der Waals surface area contributed by atoms with Crippen LogP contribution in [0.5, 0.6) is 0 Å². The number of nitrogens with zero attached hydrogens (tertiary/aromatic N) is 2. The van der Waals surface area contributed by atoms with E-state index in [2.05, 4.69) is 40.5 Å². The maximum atomic E-state index is 4.36. The quantitative estimate of drug-likeness (QED) is 0.645. The van der Waals surface area contributed by atoms with Crippen LogP contribution in [0.1, 0.15) is 26.7 Å². The van der Waals surface area contributed by atoms with E-state index in [9.17, 15) is 0 Å². The molecule has 2 rings (SSSR count). The molecule has 1 aliphatic carbocycles. The molecule has 1 aliphatic rings. The minimum Gasteiger partial charge on any atom is -0.337 e. The standard InChI is InChI=1S/C18H24N4/c1-13-9-8-12-16(14(13)2)22-18(20-4)17(19-3)21-15-10-6-5-7-11-15/h5-7,10-12H,8-9H2,1-4H3,(H,19,21)(H,20,22). The minimum absolute atomic E-state index is 0.727. The Kier molecular flexibility index (Phi) is 5.53. The molecule has 0 radical (unpaired) electrons. The van der Waals surface area contributed by atoms with Gasteiger partial charge in [-0.05, 0) is 44.4 Å². The first-order chi connectivity index (χ1) is 10.7. The van der Waals surface area contributed by atoms with Gasteiger partial charge < -0.3 is 10.6 Å². The number of hydrogen-bond acceptors (Lipinski definition) is 2. The molecule has 0 amide bonds. The summed E-state index contributed by atoms with van der Waals surface area (Å²) in [6, 6.07) is 9.99. The molecule has 22 heavy (non-hydrogen) atoms. The molecule has 0 aromatic heterocycles. The number of nitrogens with one attached hydrogen (secondary N) is 2. The summed E-state index contributed by atoms with van der Waals surface area (Å²) in [5, 5.41) is 6.73. The highest BCUT2D eigenvalue weighted by molar-refractivity contribution is 6.45. The van der Waals surface area contributed by atoms with Crippen molar-refractivity contribution in [3.8, 4) is 0 Å². The SMILES string of the molecule is CN=C(NC1=CCCC(C)=C1C)C(=NC)Nc1ccccc1. The lowest BCUT2D eigenvalue weighted by molar-refractivity contribution is 0.892. The van der Waals surface area contributed by atoms with E-state index in [0.29, 0.717) is 0 Å². The largest absolute Gasteiger partial charge is 0.337 e. The third-order valence-electron chi connectivity index (χ3n) is 3.87. The Morgan fingerprint density at radius 3 is 2.23 bits per heavy atom. The second-order valence-electron chi connectivity index (χ2n) is 5.32. The predicted molar refractivity (Wildman–Crippen MR) is 95.6 cm³/mol. The lowest BCUT2D eigenvalue weighted by atomic mass is 9.97. The second kappa shape index (κ2) is 7.59. The van der Waals surface area contributed by atoms with Crippen LogP contribution in [0.15, 0.2) is 63.2 Å². The Labute approximate surface area is 132 Å². The van der Waals surface area contributed by atoms with E-state index in [1.807, 2.05) is 30.3 Å². The van der Waals surface area contributed by atoms with Gasteiger partial charge in [0, 0.05) is 25.5 Å². The predicted octanol–water partition coefficient (Wildman–Crippen LogP) is 3.76. The van der Waals surface area contributed by atoms with Gasteiger partial charge in [-0.1, -0.05) is 29.8 Å². The molecule has 1 aromatic carbocycles. The summed E-state index contributed by atoms with van der Waals surface area (Å²) in [4.78, 5) is 8.69. The van der Waals surface area contributed by atoms with Crippen molar-refractivity contribution >= 4 is 17.4 Å². The number of aliphatic imine (C=N–C) groups is 2. The highest BCUT2D eigenvalue weighted by Crippen LogP contribution is 2.22. The molecule has 0 saturated heterocycles. The average molecular weight is 296 g/mol. The number of amidine groups is 2. The molecule has 4 nitrogen and oxygen atoms in total. The van der Waals surface area contributed by atoms with E-state index in [4.69, 9.17) is 0 Å². The van der Waals surface area contributed by atoms with Gasteiger partial charge in [-0.3, -0.25) is 9.98 Å². The molecule has 0 spiro atoms. The average Bonchev–Trinajstić information content (AvgIpc) is 2.55. The van der Waals surface area contributed by atoms with Gasteiger partial charge in [0.15, 0.2) is 11.7 Å². The van der Waals surface area contributed by atoms with Gasteiger partial charge in [0.05, 0.1) is 0 Å². The Bertz CT molecular complexity index is 636. The molecule has 0 atom stereocenters. The van der Waals surface area contributed by atoms with Crippen LogP contribution >= 0.6 is 0 Å². The van der Waals surface area contributed by atoms with Crippen molar-refractivity contribution in [3.05, 3.63) is 53.3 Å². The van der Waals surface area contributed by atoms with Crippen molar-refractivity contribution in [3.63, 3.8) is 0 Å². The molecule has 2 N–H and O–H groups in total. The molecule has 0 aliphatic heterocycles. The van der Waals surface area contributed by atoms with Crippen molar-refractivity contribution in [1.82, 2.24) is 5.32 Å². The number of benzene rings is 1. The third kappa shape index (κ3) is 3.85. The minimum atomic E-state index is 0.727. The van der Waals surface area contributed by atoms with Crippen molar-refractivity contribution in [2.45, 2.75) is 26.7 Å². The highest BCUT2D eigenvalue weighted by Gasteiger charge is 2.14. The zero-order valence-electron chi connectivity index (χ0n) is 13.8. The van der Waals surface area contributed by atoms with Crippen LogP contribution in [-0.2, 0) is 0 Å². The van der Waals surface area contributed by atoms with Crippen LogP contribution in [0.4, 0.5) is 5.69 Å². The zero-order chi connectivity index (χ0) is 15.9. The van der Waals surface area contributed by atoms with Gasteiger partial charge in [0.2, 0.25) is 0 Å². The first-order valence-electron chi connectivity index (χ1n) is 7.55. The van der Waals surface area contributed by atoms with E-state index in [0.717, 1.165) is 35.9 Å². The summed E-state index contributed by atoms with van der Waals surface area (Å²) >= 11 is 0. The van der Waals surface area contributed by atoms with Crippen LogP contribution in [-0.4, -0.2) is 25.8 Å². The van der Waals surface area contributed by atoms with Gasteiger partial charge in [0.25, 0.3) is 0 Å². The lowest BCUT2D eigenvalue weighted by Gasteiger charge is -2.20. The molecular weight excluding hydrogens is 272 g/mol. The van der Waals surface area contributed by atoms with Crippen molar-refractivity contribution in [2.24, 2.45) is 9.98 Å². The van der Waals surface area contributed by atoms with Crippen LogP contribution < -0.4 is 10.6 Å². The molecule has 0 heterocycles. The Morgan fingerprint density at radius 2 is 1.59 bits per heavy atom. The summed E-state index contributed by atoms with van der Waals surface area (Å²) in [7, 11) is 3.54. The maximum absolute atomic E-state index is 4.36. The van der Waals surface area contributed by atoms with E-state index < -0.39 is 0 Å². The zero-order valence-corrected chi connectivity index (χ0v) is 13.8. The number of rotatable bonds is 2. The Balaban J connectivity index is 2.15. The van der Waals surface area contributed by atoms with Gasteiger partial charge in [0.1, 0.15) is 0 Å². The topological polar surface area (TPSA) is 48.8 Å². The molecule has 0 fully saturated rings. The summed E-state index contributed by atoms with van der Waals surface area (Å²) < 4.78 is 0. The molecule has 116 valence electrons. The van der Waals surface area contributed by atoms with Crippen LogP contribution in [0.2, 0.25) is 0 Å². The maximum Gasteiger partial charge on any atom is 0.168 e. The molecule has 1 aromatic rings. The normalized spacial score (nSPS) is 16.5. The van der Waals surface area contributed by atoms with Crippen LogP contribution in [0.3, 0.4) is 0 Å². The Hall–Kier alpha value is -2.36. The van der Waals surface area contributed by atoms with Crippen molar-refractivity contribution in [1.29, 1.82) is 0 Å². The fourth-order valence-electron chi connectivity index (χ4n) is 2.38. The smallest absolute Gasteiger partial charge is 0.168 e. The van der Waals surface area contributed by atoms with Crippen LogP contribution in [0, 0.1) is 0 Å². The lowest BCUT2D eigenvalue weighted by Crippen LogP contribution is -2.36. The number of allylic oxidation sites excluding steroid dienone is 3. The fourth-order valence-corrected chi connectivity index (χ4v) is 2.38. The number of para-hydroxylation sites is 1. The molecule has 0 saturated carbocycles. The van der Waals surface area contributed by atoms with E-state index >= 15 is 0 Å². The first-order valence-corrected chi connectivity index (χ1v) is 7.55. The summed E-state index contributed by atoms with van der Waals surface area (Å²) in [6.45, 7) is 4.33. The van der Waals surface area contributed by atoms with Gasteiger partial charge in [-0.25, -0.2) is 0 Å². The van der Waals surface area contributed by atoms with Crippen LogP contribution in [0.25, 0.3) is 0 Å². The highest BCUT2D eigenvalue weighted by atomic mass is 15.1. The molecule has 0 bridgehead atoms.